The van der Waals surface area contributed by atoms with E-state index in [4.69, 9.17) is 23.2 Å². The summed E-state index contributed by atoms with van der Waals surface area (Å²) in [7, 11) is 0. The molecule has 4 aliphatic rings. The van der Waals surface area contributed by atoms with Crippen LogP contribution >= 0.6 is 23.2 Å². The van der Waals surface area contributed by atoms with Gasteiger partial charge >= 0.3 is 0 Å². The molecule has 3 aromatic rings. The van der Waals surface area contributed by atoms with Gasteiger partial charge in [-0.3, -0.25) is 9.59 Å². The summed E-state index contributed by atoms with van der Waals surface area (Å²) in [6.45, 7) is 2.12. The molecule has 0 aromatic heterocycles. The summed E-state index contributed by atoms with van der Waals surface area (Å²) in [4.78, 5) is 29.2. The van der Waals surface area contributed by atoms with E-state index in [1.807, 2.05) is 24.3 Å². The molecule has 1 saturated heterocycles. The van der Waals surface area contributed by atoms with Crippen molar-refractivity contribution in [1.82, 2.24) is 0 Å². The summed E-state index contributed by atoms with van der Waals surface area (Å²) in [6, 6.07) is 21.5. The summed E-state index contributed by atoms with van der Waals surface area (Å²) < 4.78 is 0. The second-order valence-corrected chi connectivity index (χ2v) is 9.43. The maximum atomic E-state index is 14.0. The lowest BCUT2D eigenvalue weighted by Gasteiger charge is -2.54. The van der Waals surface area contributed by atoms with Crippen molar-refractivity contribution in [3.63, 3.8) is 0 Å². The van der Waals surface area contributed by atoms with Crippen LogP contribution in [-0.2, 0) is 15.0 Å². The molecule has 0 N–H and O–H groups in total. The number of hydrogen-bond donors (Lipinski definition) is 0. The smallest absolute Gasteiger partial charge is 0.239 e. The minimum atomic E-state index is -0.535. The fourth-order valence-electron chi connectivity index (χ4n) is 6.43. The molecule has 2 atom stereocenters. The van der Waals surface area contributed by atoms with Crippen molar-refractivity contribution in [3.8, 4) is 0 Å². The van der Waals surface area contributed by atoms with Crippen LogP contribution in [0.5, 0.6) is 0 Å². The van der Waals surface area contributed by atoms with E-state index in [0.717, 1.165) is 17.5 Å². The standard InChI is InChI=1S/C26H19Cl2NO2/c1-2-26-17-9-5-3-7-15(17)21(16-8-4-6-10-18(16)26)22-23(26)25(31)29(24(22)30)20-12-11-14(27)13-19(20)28/h3-13,21-23H,2H2,1H3/t21?,22-,23+,26?/m1/s1. The van der Waals surface area contributed by atoms with Crippen LogP contribution in [0.15, 0.2) is 66.7 Å². The number of nitrogens with zero attached hydrogens (tertiary/aromatic N) is 1. The van der Waals surface area contributed by atoms with Gasteiger partial charge in [-0.15, -0.1) is 0 Å². The number of amides is 2. The van der Waals surface area contributed by atoms with Gasteiger partial charge in [-0.2, -0.15) is 0 Å². The molecular weight excluding hydrogens is 429 g/mol. The van der Waals surface area contributed by atoms with E-state index < -0.39 is 17.3 Å². The molecule has 0 unspecified atom stereocenters. The molecule has 1 heterocycles. The fourth-order valence-corrected chi connectivity index (χ4v) is 6.92. The molecule has 3 aromatic carbocycles. The Balaban J connectivity index is 1.64. The van der Waals surface area contributed by atoms with Crippen LogP contribution in [0, 0.1) is 11.8 Å². The first kappa shape index (κ1) is 19.1. The van der Waals surface area contributed by atoms with Crippen LogP contribution in [0.4, 0.5) is 5.69 Å². The Morgan fingerprint density at radius 3 is 2.06 bits per heavy atom. The summed E-state index contributed by atoms with van der Waals surface area (Å²) in [5.41, 5.74) is 4.55. The van der Waals surface area contributed by atoms with Gasteiger partial charge in [0.15, 0.2) is 0 Å². The van der Waals surface area contributed by atoms with Gasteiger partial charge in [0.05, 0.1) is 22.5 Å². The van der Waals surface area contributed by atoms with Gasteiger partial charge in [-0.1, -0.05) is 78.7 Å². The Morgan fingerprint density at radius 2 is 1.48 bits per heavy atom. The summed E-state index contributed by atoms with van der Waals surface area (Å²) in [5.74, 6) is -1.38. The zero-order chi connectivity index (χ0) is 21.5. The first-order chi connectivity index (χ1) is 15.0. The monoisotopic (exact) mass is 447 g/mol. The molecule has 154 valence electrons. The fraction of sp³-hybridized carbons (Fsp3) is 0.231. The van der Waals surface area contributed by atoms with Crippen molar-refractivity contribution < 1.29 is 9.59 Å². The van der Waals surface area contributed by atoms with Gasteiger partial charge in [0, 0.05) is 16.4 Å². The Morgan fingerprint density at radius 1 is 0.871 bits per heavy atom. The molecule has 31 heavy (non-hydrogen) atoms. The minimum absolute atomic E-state index is 0.140. The molecular formula is C26H19Cl2NO2. The summed E-state index contributed by atoms with van der Waals surface area (Å²) in [6.07, 6.45) is 0.732. The van der Waals surface area contributed by atoms with Gasteiger partial charge in [0.25, 0.3) is 0 Å². The molecule has 3 aliphatic carbocycles. The van der Waals surface area contributed by atoms with Gasteiger partial charge in [0.1, 0.15) is 0 Å². The van der Waals surface area contributed by atoms with E-state index in [1.54, 1.807) is 18.2 Å². The van der Waals surface area contributed by atoms with Gasteiger partial charge in [-0.25, -0.2) is 4.90 Å². The number of anilines is 1. The van der Waals surface area contributed by atoms with Crippen LogP contribution in [0.3, 0.4) is 0 Å². The van der Waals surface area contributed by atoms with Crippen LogP contribution in [-0.4, -0.2) is 11.8 Å². The Labute approximate surface area is 190 Å². The number of halogens is 2. The van der Waals surface area contributed by atoms with Crippen LogP contribution in [0.2, 0.25) is 10.0 Å². The first-order valence-electron chi connectivity index (χ1n) is 10.5. The molecule has 0 radical (unpaired) electrons. The number of carbonyl (C=O) groups is 2. The predicted molar refractivity (Wildman–Crippen MR) is 122 cm³/mol. The van der Waals surface area contributed by atoms with E-state index >= 15 is 0 Å². The SMILES string of the molecule is CCC12c3ccccc3C(c3ccccc31)[C@H]1C(=O)N(c3ccc(Cl)cc3Cl)C(=O)[C@H]12. The van der Waals surface area contributed by atoms with Crippen molar-refractivity contribution in [2.24, 2.45) is 11.8 Å². The largest absolute Gasteiger partial charge is 0.274 e. The van der Waals surface area contributed by atoms with E-state index in [0.29, 0.717) is 15.7 Å². The third-order valence-electron chi connectivity index (χ3n) is 7.50. The number of carbonyl (C=O) groups excluding carboxylic acids is 2. The van der Waals surface area contributed by atoms with E-state index in [9.17, 15) is 9.59 Å². The Kier molecular flexibility index (Phi) is 3.97. The van der Waals surface area contributed by atoms with E-state index in [-0.39, 0.29) is 17.7 Å². The van der Waals surface area contributed by atoms with Crippen LogP contribution < -0.4 is 4.90 Å². The Hall–Kier alpha value is -2.62. The highest BCUT2D eigenvalue weighted by molar-refractivity contribution is 6.38. The van der Waals surface area contributed by atoms with Crippen molar-refractivity contribution in [2.75, 3.05) is 4.90 Å². The maximum absolute atomic E-state index is 14.0. The zero-order valence-corrected chi connectivity index (χ0v) is 18.3. The third kappa shape index (κ3) is 2.21. The minimum Gasteiger partial charge on any atom is -0.274 e. The quantitative estimate of drug-likeness (QED) is 0.454. The molecule has 0 spiro atoms. The highest BCUT2D eigenvalue weighted by Crippen LogP contribution is 2.65. The van der Waals surface area contributed by atoms with E-state index in [2.05, 4.69) is 31.2 Å². The van der Waals surface area contributed by atoms with Crippen molar-refractivity contribution in [2.45, 2.75) is 24.7 Å². The van der Waals surface area contributed by atoms with Crippen LogP contribution in [0.25, 0.3) is 0 Å². The number of rotatable bonds is 2. The van der Waals surface area contributed by atoms with Gasteiger partial charge < -0.3 is 0 Å². The number of imide groups is 1. The van der Waals surface area contributed by atoms with E-state index in [1.165, 1.54) is 16.0 Å². The Bertz CT molecular complexity index is 1240. The maximum Gasteiger partial charge on any atom is 0.239 e. The molecule has 1 aliphatic heterocycles. The molecule has 3 nitrogen and oxygen atoms in total. The number of benzene rings is 3. The molecule has 0 saturated carbocycles. The van der Waals surface area contributed by atoms with Gasteiger partial charge in [-0.05, 0) is 46.9 Å². The average Bonchev–Trinajstić information content (AvgIpc) is 3.05. The lowest BCUT2D eigenvalue weighted by Crippen LogP contribution is -2.53. The lowest BCUT2D eigenvalue weighted by molar-refractivity contribution is -0.123. The van der Waals surface area contributed by atoms with Crippen molar-refractivity contribution in [3.05, 3.63) is 99.0 Å². The predicted octanol–water partition coefficient (Wildman–Crippen LogP) is 5.95. The first-order valence-corrected chi connectivity index (χ1v) is 11.3. The van der Waals surface area contributed by atoms with Crippen LogP contribution in [0.1, 0.15) is 41.5 Å². The third-order valence-corrected chi connectivity index (χ3v) is 8.04. The molecule has 7 rings (SSSR count). The molecule has 1 fully saturated rings. The second-order valence-electron chi connectivity index (χ2n) is 8.59. The highest BCUT2D eigenvalue weighted by atomic mass is 35.5. The topological polar surface area (TPSA) is 37.4 Å². The second kappa shape index (κ2) is 6.44. The molecule has 5 heteroatoms. The summed E-state index contributed by atoms with van der Waals surface area (Å²) in [5, 5.41) is 0.774. The zero-order valence-electron chi connectivity index (χ0n) is 16.8. The highest BCUT2D eigenvalue weighted by Gasteiger charge is 2.67. The number of hydrogen-bond acceptors (Lipinski definition) is 2. The van der Waals surface area contributed by atoms with Gasteiger partial charge in [0.2, 0.25) is 11.8 Å². The summed E-state index contributed by atoms with van der Waals surface area (Å²) >= 11 is 12.5. The molecule has 2 amide bonds. The lowest BCUT2D eigenvalue weighted by atomic mass is 9.46. The molecule has 2 bridgehead atoms. The van der Waals surface area contributed by atoms with Crippen molar-refractivity contribution >= 4 is 40.7 Å². The van der Waals surface area contributed by atoms with Crippen molar-refractivity contribution in [1.29, 1.82) is 0 Å². The normalized spacial score (nSPS) is 27.8. The average molecular weight is 448 g/mol.